The maximum Gasteiger partial charge on any atom is 0.260 e. The van der Waals surface area contributed by atoms with E-state index in [1.165, 1.54) is 4.88 Å². The zero-order chi connectivity index (χ0) is 20.4. The van der Waals surface area contributed by atoms with E-state index in [1.807, 2.05) is 36.2 Å². The highest BCUT2D eigenvalue weighted by molar-refractivity contribution is 7.18. The minimum atomic E-state index is -0.161. The van der Waals surface area contributed by atoms with Gasteiger partial charge in [0.05, 0.1) is 17.6 Å². The predicted molar refractivity (Wildman–Crippen MR) is 117 cm³/mol. The highest BCUT2D eigenvalue weighted by atomic mass is 32.1. The van der Waals surface area contributed by atoms with Crippen LogP contribution in [0.25, 0.3) is 21.9 Å². The highest BCUT2D eigenvalue weighted by Crippen LogP contribution is 2.34. The number of fused-ring (bicyclic) bond motifs is 3. The smallest absolute Gasteiger partial charge is 0.260 e. The van der Waals surface area contributed by atoms with Gasteiger partial charge in [-0.05, 0) is 55.0 Å². The number of H-pyrrole nitrogens is 1. The molecule has 0 spiro atoms. The van der Waals surface area contributed by atoms with Crippen LogP contribution in [0.1, 0.15) is 34.7 Å². The second-order valence-electron chi connectivity index (χ2n) is 7.21. The first-order valence-corrected chi connectivity index (χ1v) is 10.5. The number of aromatic amines is 1. The standard InChI is InChI=1S/C22H22N4O2S/c1-26(10-11-27)16-8-6-14(7-9-16)12-15(13-23)20-24-21(28)19-17-4-2-3-5-18(17)29-22(19)25-20/h6-9,12,27H,2-5,10-11H2,1H3,(H,24,25,28)/b15-12+. The summed E-state index contributed by atoms with van der Waals surface area (Å²) in [6.07, 6.45) is 5.92. The van der Waals surface area contributed by atoms with Crippen LogP contribution in [0.15, 0.2) is 29.1 Å². The number of nitrogens with one attached hydrogen (secondary N) is 1. The molecule has 29 heavy (non-hydrogen) atoms. The number of benzene rings is 1. The Bertz CT molecular complexity index is 1170. The number of nitriles is 1. The maximum absolute atomic E-state index is 12.7. The summed E-state index contributed by atoms with van der Waals surface area (Å²) in [5, 5.41) is 19.4. The Balaban J connectivity index is 1.70. The summed E-state index contributed by atoms with van der Waals surface area (Å²) in [4.78, 5) is 24.1. The van der Waals surface area contributed by atoms with Crippen LogP contribution in [-0.4, -0.2) is 35.3 Å². The van der Waals surface area contributed by atoms with Gasteiger partial charge in [-0.1, -0.05) is 12.1 Å². The Labute approximate surface area is 172 Å². The summed E-state index contributed by atoms with van der Waals surface area (Å²) in [5.41, 5.74) is 3.13. The number of likely N-dealkylation sites (N-methyl/N-ethyl adjacent to an activating group) is 1. The van der Waals surface area contributed by atoms with Crippen LogP contribution >= 0.6 is 11.3 Å². The lowest BCUT2D eigenvalue weighted by atomic mass is 9.97. The van der Waals surface area contributed by atoms with Crippen molar-refractivity contribution >= 4 is 38.9 Å². The van der Waals surface area contributed by atoms with E-state index in [9.17, 15) is 10.1 Å². The summed E-state index contributed by atoms with van der Waals surface area (Å²) in [6.45, 7) is 0.638. The van der Waals surface area contributed by atoms with Gasteiger partial charge in [0.25, 0.3) is 5.56 Å². The molecule has 3 aromatic rings. The molecule has 1 aliphatic rings. The van der Waals surface area contributed by atoms with Crippen LogP contribution in [0.5, 0.6) is 0 Å². The van der Waals surface area contributed by atoms with Gasteiger partial charge in [-0.2, -0.15) is 5.26 Å². The lowest BCUT2D eigenvalue weighted by Crippen LogP contribution is -2.20. The molecule has 148 valence electrons. The predicted octanol–water partition coefficient (Wildman–Crippen LogP) is 3.36. The molecular formula is C22H22N4O2S. The normalized spacial score (nSPS) is 13.9. The van der Waals surface area contributed by atoms with Crippen LogP contribution in [0.2, 0.25) is 0 Å². The number of aromatic nitrogens is 2. The number of allylic oxidation sites excluding steroid dienone is 1. The Kier molecular flexibility index (Phi) is 5.47. The molecule has 0 atom stereocenters. The van der Waals surface area contributed by atoms with Gasteiger partial charge in [0.15, 0.2) is 5.82 Å². The van der Waals surface area contributed by atoms with Gasteiger partial charge in [0.2, 0.25) is 0 Å². The maximum atomic E-state index is 12.7. The lowest BCUT2D eigenvalue weighted by molar-refractivity contribution is 0.304. The number of nitrogens with zero attached hydrogens (tertiary/aromatic N) is 3. The number of rotatable bonds is 5. The fourth-order valence-electron chi connectivity index (χ4n) is 3.72. The number of aliphatic hydroxyl groups excluding tert-OH is 1. The Morgan fingerprint density at radius 3 is 2.83 bits per heavy atom. The molecule has 0 saturated carbocycles. The first kappa shape index (κ1) is 19.4. The van der Waals surface area contributed by atoms with E-state index in [1.54, 1.807) is 17.4 Å². The molecule has 0 unspecified atom stereocenters. The van der Waals surface area contributed by atoms with E-state index < -0.39 is 0 Å². The number of thiophene rings is 1. The average Bonchev–Trinajstić information content (AvgIpc) is 3.11. The SMILES string of the molecule is CN(CCO)c1ccc(/C=C(\C#N)c2nc3sc4c(c3c(=O)[nH]2)CCCC4)cc1. The molecule has 1 aliphatic carbocycles. The van der Waals surface area contributed by atoms with Crippen LogP contribution in [0.3, 0.4) is 0 Å². The molecule has 7 heteroatoms. The molecule has 0 aliphatic heterocycles. The molecule has 0 amide bonds. The average molecular weight is 407 g/mol. The van der Waals surface area contributed by atoms with Crippen molar-refractivity contribution in [3.05, 3.63) is 56.4 Å². The quantitative estimate of drug-likeness (QED) is 0.634. The van der Waals surface area contributed by atoms with Gasteiger partial charge in [0, 0.05) is 24.2 Å². The zero-order valence-corrected chi connectivity index (χ0v) is 17.1. The zero-order valence-electron chi connectivity index (χ0n) is 16.2. The van der Waals surface area contributed by atoms with Crippen LogP contribution in [0.4, 0.5) is 5.69 Å². The number of hydrogen-bond acceptors (Lipinski definition) is 6. The number of aliphatic hydroxyl groups is 1. The van der Waals surface area contributed by atoms with E-state index in [4.69, 9.17) is 5.11 Å². The van der Waals surface area contributed by atoms with Crippen molar-refractivity contribution in [1.82, 2.24) is 9.97 Å². The van der Waals surface area contributed by atoms with Gasteiger partial charge in [-0.3, -0.25) is 4.79 Å². The van der Waals surface area contributed by atoms with Crippen LogP contribution in [-0.2, 0) is 12.8 Å². The van der Waals surface area contributed by atoms with E-state index in [-0.39, 0.29) is 12.2 Å². The van der Waals surface area contributed by atoms with Gasteiger partial charge in [-0.25, -0.2) is 4.98 Å². The monoisotopic (exact) mass is 406 g/mol. The van der Waals surface area contributed by atoms with Crippen molar-refractivity contribution in [2.75, 3.05) is 25.1 Å². The fraction of sp³-hybridized carbons (Fsp3) is 0.318. The van der Waals surface area contributed by atoms with Gasteiger partial charge < -0.3 is 15.0 Å². The number of aryl methyl sites for hydroxylation is 2. The molecule has 0 saturated heterocycles. The molecule has 0 radical (unpaired) electrons. The van der Waals surface area contributed by atoms with Crippen molar-refractivity contribution in [2.45, 2.75) is 25.7 Å². The minimum Gasteiger partial charge on any atom is -0.395 e. The summed E-state index contributed by atoms with van der Waals surface area (Å²) in [6, 6.07) is 9.84. The number of anilines is 1. The minimum absolute atomic E-state index is 0.0877. The first-order valence-electron chi connectivity index (χ1n) is 9.69. The van der Waals surface area contributed by atoms with E-state index in [2.05, 4.69) is 16.0 Å². The molecule has 2 aromatic heterocycles. The van der Waals surface area contributed by atoms with Crippen molar-refractivity contribution in [2.24, 2.45) is 0 Å². The third-order valence-electron chi connectivity index (χ3n) is 5.28. The first-order chi connectivity index (χ1) is 14.1. The summed E-state index contributed by atoms with van der Waals surface area (Å²) in [5.74, 6) is 0.310. The van der Waals surface area contributed by atoms with Gasteiger partial charge in [-0.15, -0.1) is 11.3 Å². The van der Waals surface area contributed by atoms with Crippen molar-refractivity contribution in [1.29, 1.82) is 5.26 Å². The molecule has 2 N–H and O–H groups in total. The van der Waals surface area contributed by atoms with Crippen molar-refractivity contribution in [3.8, 4) is 6.07 Å². The lowest BCUT2D eigenvalue weighted by Gasteiger charge is -2.17. The Morgan fingerprint density at radius 1 is 1.34 bits per heavy atom. The Hall–Kier alpha value is -2.95. The highest BCUT2D eigenvalue weighted by Gasteiger charge is 2.20. The molecule has 0 fully saturated rings. The topological polar surface area (TPSA) is 93.0 Å². The fourth-order valence-corrected chi connectivity index (χ4v) is 4.98. The number of hydrogen-bond donors (Lipinski definition) is 2. The third kappa shape index (κ3) is 3.82. The molecule has 0 bridgehead atoms. The second-order valence-corrected chi connectivity index (χ2v) is 8.30. The summed E-state index contributed by atoms with van der Waals surface area (Å²) in [7, 11) is 1.91. The Morgan fingerprint density at radius 2 is 2.10 bits per heavy atom. The molecule has 4 rings (SSSR count). The van der Waals surface area contributed by atoms with Crippen molar-refractivity contribution in [3.63, 3.8) is 0 Å². The second kappa shape index (κ2) is 8.19. The van der Waals surface area contributed by atoms with E-state index in [0.717, 1.165) is 47.3 Å². The summed E-state index contributed by atoms with van der Waals surface area (Å²) < 4.78 is 0. The third-order valence-corrected chi connectivity index (χ3v) is 6.47. The summed E-state index contributed by atoms with van der Waals surface area (Å²) >= 11 is 1.58. The van der Waals surface area contributed by atoms with E-state index in [0.29, 0.717) is 23.3 Å². The molecule has 1 aromatic carbocycles. The van der Waals surface area contributed by atoms with Crippen LogP contribution in [0, 0.1) is 11.3 Å². The molecular weight excluding hydrogens is 384 g/mol. The largest absolute Gasteiger partial charge is 0.395 e. The van der Waals surface area contributed by atoms with Crippen LogP contribution < -0.4 is 10.5 Å². The van der Waals surface area contributed by atoms with Gasteiger partial charge >= 0.3 is 0 Å². The van der Waals surface area contributed by atoms with E-state index >= 15 is 0 Å². The molecule has 6 nitrogen and oxygen atoms in total. The van der Waals surface area contributed by atoms with Crippen molar-refractivity contribution < 1.29 is 5.11 Å². The van der Waals surface area contributed by atoms with Gasteiger partial charge in [0.1, 0.15) is 10.9 Å². The molecule has 2 heterocycles.